The summed E-state index contributed by atoms with van der Waals surface area (Å²) >= 11 is 0. The maximum absolute atomic E-state index is 6.48. The fourth-order valence-corrected chi connectivity index (χ4v) is 9.23. The monoisotopic (exact) mass is 729 g/mol. The highest BCUT2D eigenvalue weighted by atomic mass is 16.3. The summed E-state index contributed by atoms with van der Waals surface area (Å²) in [6.45, 7) is 4.70. The Balaban J connectivity index is 1.11. The Morgan fingerprint density at radius 3 is 1.91 bits per heavy atom. The SMILES string of the molecule is CC1(C)c2ccccc2-c2ccc(N(c3ccc(-c4ccccc4)cc3)c3cccc(-c4ccc5oc6ccccc6c5c4-c4ccc5ccccc5c4)c3)cc21. The molecule has 0 saturated carbocycles. The van der Waals surface area contributed by atoms with E-state index in [2.05, 4.69) is 213 Å². The van der Waals surface area contributed by atoms with Crippen LogP contribution in [0.4, 0.5) is 17.1 Å². The second kappa shape index (κ2) is 13.0. The van der Waals surface area contributed by atoms with Gasteiger partial charge in [-0.15, -0.1) is 0 Å². The Kier molecular flexibility index (Phi) is 7.55. The third-order valence-electron chi connectivity index (χ3n) is 12.1. The van der Waals surface area contributed by atoms with Gasteiger partial charge < -0.3 is 9.32 Å². The van der Waals surface area contributed by atoms with Crippen LogP contribution in [0.15, 0.2) is 205 Å². The Labute approximate surface area is 332 Å². The van der Waals surface area contributed by atoms with Crippen molar-refractivity contribution < 1.29 is 4.42 Å². The van der Waals surface area contributed by atoms with Gasteiger partial charge >= 0.3 is 0 Å². The molecule has 1 heterocycles. The van der Waals surface area contributed by atoms with E-state index in [-0.39, 0.29) is 5.41 Å². The second-order valence-electron chi connectivity index (χ2n) is 15.7. The number of anilines is 3. The smallest absolute Gasteiger partial charge is 0.136 e. The minimum absolute atomic E-state index is 0.121. The highest BCUT2D eigenvalue weighted by Gasteiger charge is 2.35. The summed E-state index contributed by atoms with van der Waals surface area (Å²) < 4.78 is 6.48. The van der Waals surface area contributed by atoms with Crippen LogP contribution >= 0.6 is 0 Å². The van der Waals surface area contributed by atoms with Crippen LogP contribution < -0.4 is 4.90 Å². The number of furan rings is 1. The largest absolute Gasteiger partial charge is 0.456 e. The lowest BCUT2D eigenvalue weighted by Crippen LogP contribution is -2.16. The van der Waals surface area contributed by atoms with Crippen molar-refractivity contribution >= 4 is 49.8 Å². The van der Waals surface area contributed by atoms with Gasteiger partial charge in [0, 0.05) is 38.8 Å². The molecule has 0 aliphatic heterocycles. The maximum Gasteiger partial charge on any atom is 0.136 e. The molecule has 0 saturated heterocycles. The molecule has 1 aliphatic carbocycles. The van der Waals surface area contributed by atoms with Crippen LogP contribution in [0.1, 0.15) is 25.0 Å². The number of hydrogen-bond acceptors (Lipinski definition) is 2. The van der Waals surface area contributed by atoms with E-state index < -0.39 is 0 Å². The third kappa shape index (κ3) is 5.40. The molecular weight excluding hydrogens is 691 g/mol. The van der Waals surface area contributed by atoms with Crippen molar-refractivity contribution in [3.63, 3.8) is 0 Å². The van der Waals surface area contributed by atoms with Crippen LogP contribution in [0.2, 0.25) is 0 Å². The van der Waals surface area contributed by atoms with Gasteiger partial charge in [0.25, 0.3) is 0 Å². The Bertz CT molecular complexity index is 3150. The first-order valence-corrected chi connectivity index (χ1v) is 19.8. The first-order valence-electron chi connectivity index (χ1n) is 19.8. The van der Waals surface area contributed by atoms with Gasteiger partial charge in [-0.05, 0) is 115 Å². The molecule has 0 bridgehead atoms. The predicted octanol–water partition coefficient (Wildman–Crippen LogP) is 15.5. The maximum atomic E-state index is 6.48. The number of rotatable bonds is 6. The van der Waals surface area contributed by atoms with Gasteiger partial charge in [0.05, 0.1) is 0 Å². The van der Waals surface area contributed by atoms with Crippen LogP contribution in [0.25, 0.3) is 77.2 Å². The van der Waals surface area contributed by atoms with Crippen molar-refractivity contribution in [3.8, 4) is 44.5 Å². The summed E-state index contributed by atoms with van der Waals surface area (Å²) in [7, 11) is 0. The zero-order valence-electron chi connectivity index (χ0n) is 31.9. The van der Waals surface area contributed by atoms with Crippen LogP contribution in [0.3, 0.4) is 0 Å². The average molecular weight is 730 g/mol. The molecule has 57 heavy (non-hydrogen) atoms. The van der Waals surface area contributed by atoms with Gasteiger partial charge in [-0.2, -0.15) is 0 Å². The van der Waals surface area contributed by atoms with Crippen LogP contribution in [-0.2, 0) is 5.41 Å². The van der Waals surface area contributed by atoms with E-state index in [0.717, 1.165) is 50.1 Å². The van der Waals surface area contributed by atoms with Crippen LogP contribution in [-0.4, -0.2) is 0 Å². The topological polar surface area (TPSA) is 16.4 Å². The van der Waals surface area contributed by atoms with Gasteiger partial charge in [-0.1, -0.05) is 159 Å². The molecule has 0 radical (unpaired) electrons. The third-order valence-corrected chi connectivity index (χ3v) is 12.1. The van der Waals surface area contributed by atoms with Gasteiger partial charge in [0.15, 0.2) is 0 Å². The molecule has 0 atom stereocenters. The average Bonchev–Trinajstić information content (AvgIpc) is 3.76. The lowest BCUT2D eigenvalue weighted by Gasteiger charge is -2.28. The molecule has 0 N–H and O–H groups in total. The molecule has 2 nitrogen and oxygen atoms in total. The van der Waals surface area contributed by atoms with E-state index in [1.165, 1.54) is 55.3 Å². The zero-order chi connectivity index (χ0) is 38.1. The quantitative estimate of drug-likeness (QED) is 0.169. The molecule has 0 unspecified atom stereocenters. The molecule has 2 heteroatoms. The molecule has 0 fully saturated rings. The minimum Gasteiger partial charge on any atom is -0.456 e. The second-order valence-corrected chi connectivity index (χ2v) is 15.7. The van der Waals surface area contributed by atoms with Gasteiger partial charge in [-0.25, -0.2) is 0 Å². The molecule has 10 aromatic rings. The fourth-order valence-electron chi connectivity index (χ4n) is 9.23. The van der Waals surface area contributed by atoms with E-state index in [4.69, 9.17) is 4.42 Å². The molecule has 1 aromatic heterocycles. The number of benzene rings is 9. The zero-order valence-corrected chi connectivity index (χ0v) is 31.9. The van der Waals surface area contributed by atoms with Crippen molar-refractivity contribution in [1.29, 1.82) is 0 Å². The van der Waals surface area contributed by atoms with E-state index in [9.17, 15) is 0 Å². The number of fused-ring (bicyclic) bond motifs is 7. The summed E-state index contributed by atoms with van der Waals surface area (Å²) in [5, 5.41) is 4.70. The summed E-state index contributed by atoms with van der Waals surface area (Å²) in [5.74, 6) is 0. The van der Waals surface area contributed by atoms with Gasteiger partial charge in [0.2, 0.25) is 0 Å². The van der Waals surface area contributed by atoms with E-state index in [1.807, 2.05) is 6.07 Å². The first kappa shape index (κ1) is 33.2. The van der Waals surface area contributed by atoms with Crippen molar-refractivity contribution in [3.05, 3.63) is 211 Å². The van der Waals surface area contributed by atoms with Crippen LogP contribution in [0, 0.1) is 0 Å². The van der Waals surface area contributed by atoms with E-state index in [0.29, 0.717) is 0 Å². The van der Waals surface area contributed by atoms with Crippen molar-refractivity contribution in [2.24, 2.45) is 0 Å². The molecule has 1 aliphatic rings. The molecule has 9 aromatic carbocycles. The standard InChI is InChI=1S/C55H39NO/c1-55(2)49-21-10-8-19-46(49)47-30-29-44(35-50(47)55)56(42-27-25-38(26-28-42)36-13-4-3-5-14-36)43-18-12-17-40(34-43)45-31-32-52-54(48-20-9-11-22-51(48)57-52)53(45)41-24-23-37-15-6-7-16-39(37)33-41/h3-35H,1-2H3. The predicted molar refractivity (Wildman–Crippen MR) is 240 cm³/mol. The highest BCUT2D eigenvalue weighted by Crippen LogP contribution is 2.51. The van der Waals surface area contributed by atoms with Gasteiger partial charge in [0.1, 0.15) is 11.2 Å². The normalized spacial score (nSPS) is 12.9. The van der Waals surface area contributed by atoms with Crippen molar-refractivity contribution in [2.45, 2.75) is 19.3 Å². The van der Waals surface area contributed by atoms with Crippen LogP contribution in [0.5, 0.6) is 0 Å². The first-order chi connectivity index (χ1) is 28.0. The lowest BCUT2D eigenvalue weighted by molar-refractivity contribution is 0.660. The minimum atomic E-state index is -0.121. The Hall–Kier alpha value is -7.16. The fraction of sp³-hybridized carbons (Fsp3) is 0.0545. The van der Waals surface area contributed by atoms with Gasteiger partial charge in [-0.3, -0.25) is 0 Å². The van der Waals surface area contributed by atoms with E-state index >= 15 is 0 Å². The molecular formula is C55H39NO. The Morgan fingerprint density at radius 2 is 1.04 bits per heavy atom. The number of hydrogen-bond donors (Lipinski definition) is 0. The summed E-state index contributed by atoms with van der Waals surface area (Å²) in [4.78, 5) is 2.42. The highest BCUT2D eigenvalue weighted by molar-refractivity contribution is 6.16. The van der Waals surface area contributed by atoms with Crippen molar-refractivity contribution in [2.75, 3.05) is 4.90 Å². The summed E-state index contributed by atoms with van der Waals surface area (Å²) in [5.41, 5.74) is 17.4. The molecule has 11 rings (SSSR count). The molecule has 0 amide bonds. The van der Waals surface area contributed by atoms with Crippen molar-refractivity contribution in [1.82, 2.24) is 0 Å². The lowest BCUT2D eigenvalue weighted by atomic mass is 9.82. The summed E-state index contributed by atoms with van der Waals surface area (Å²) in [6, 6.07) is 72.7. The summed E-state index contributed by atoms with van der Waals surface area (Å²) in [6.07, 6.45) is 0. The Morgan fingerprint density at radius 1 is 0.386 bits per heavy atom. The number of nitrogens with zero attached hydrogens (tertiary/aromatic N) is 1. The number of para-hydroxylation sites is 1. The molecule has 270 valence electrons. The van der Waals surface area contributed by atoms with E-state index in [1.54, 1.807) is 0 Å². The molecule has 0 spiro atoms.